The molecule has 2 heterocycles. The maximum Gasteiger partial charge on any atom is 0.228 e. The molecular formula is C19H26N4O3S. The predicted octanol–water partition coefficient (Wildman–Crippen LogP) is 2.32. The molecule has 1 amide bonds. The second-order valence-corrected chi connectivity index (χ2v) is 8.99. The fraction of sp³-hybridized carbons (Fsp3) is 0.474. The van der Waals surface area contributed by atoms with Gasteiger partial charge in [0.1, 0.15) is 0 Å². The molecule has 2 aromatic rings. The van der Waals surface area contributed by atoms with Gasteiger partial charge >= 0.3 is 0 Å². The lowest BCUT2D eigenvalue weighted by Gasteiger charge is -2.31. The number of hydrogen-bond acceptors (Lipinski definition) is 4. The average molecular weight is 391 g/mol. The minimum absolute atomic E-state index is 0.123. The first-order chi connectivity index (χ1) is 13.0. The Labute approximate surface area is 160 Å². The number of hydrogen-bond donors (Lipinski definition) is 1. The molecule has 0 aliphatic carbocycles. The van der Waals surface area contributed by atoms with Gasteiger partial charge < -0.3 is 5.32 Å². The van der Waals surface area contributed by atoms with Crippen LogP contribution in [0.4, 0.5) is 5.69 Å². The van der Waals surface area contributed by atoms with E-state index >= 15 is 0 Å². The van der Waals surface area contributed by atoms with Gasteiger partial charge in [-0.05, 0) is 43.0 Å². The van der Waals surface area contributed by atoms with Gasteiger partial charge in [-0.2, -0.15) is 5.10 Å². The highest BCUT2D eigenvalue weighted by molar-refractivity contribution is 7.89. The number of carbonyl (C=O) groups excluding carboxylic acids is 1. The van der Waals surface area contributed by atoms with E-state index in [0.717, 1.165) is 11.3 Å². The first-order valence-electron chi connectivity index (χ1n) is 9.33. The molecule has 0 radical (unpaired) electrons. The first-order valence-corrected chi connectivity index (χ1v) is 10.9. The normalized spacial score (nSPS) is 18.3. The summed E-state index contributed by atoms with van der Waals surface area (Å²) in [6.07, 6.45) is 5.61. The lowest BCUT2D eigenvalue weighted by Crippen LogP contribution is -2.44. The molecule has 7 nitrogen and oxygen atoms in total. The molecule has 1 N–H and O–H groups in total. The van der Waals surface area contributed by atoms with E-state index < -0.39 is 10.0 Å². The highest BCUT2D eigenvalue weighted by Gasteiger charge is 2.31. The van der Waals surface area contributed by atoms with E-state index in [1.807, 2.05) is 48.1 Å². The van der Waals surface area contributed by atoms with Gasteiger partial charge in [-0.1, -0.05) is 19.1 Å². The van der Waals surface area contributed by atoms with Crippen LogP contribution in [0, 0.1) is 5.92 Å². The van der Waals surface area contributed by atoms with E-state index in [0.29, 0.717) is 32.4 Å². The zero-order valence-electron chi connectivity index (χ0n) is 15.5. The number of carbonyl (C=O) groups is 1. The van der Waals surface area contributed by atoms with Crippen molar-refractivity contribution in [3.8, 4) is 0 Å². The van der Waals surface area contributed by atoms with E-state index in [1.54, 1.807) is 6.20 Å². The Morgan fingerprint density at radius 3 is 2.93 bits per heavy atom. The highest BCUT2D eigenvalue weighted by Crippen LogP contribution is 2.22. The van der Waals surface area contributed by atoms with Crippen molar-refractivity contribution in [2.24, 2.45) is 5.92 Å². The van der Waals surface area contributed by atoms with Crippen molar-refractivity contribution in [1.29, 1.82) is 0 Å². The number of aromatic nitrogens is 2. The van der Waals surface area contributed by atoms with Crippen molar-refractivity contribution >= 4 is 21.6 Å². The summed E-state index contributed by atoms with van der Waals surface area (Å²) < 4.78 is 27.9. The zero-order valence-corrected chi connectivity index (χ0v) is 16.4. The summed E-state index contributed by atoms with van der Waals surface area (Å²) >= 11 is 0. The number of sulfonamides is 1. The molecule has 146 valence electrons. The molecule has 3 rings (SSSR count). The predicted molar refractivity (Wildman–Crippen MR) is 105 cm³/mol. The standard InChI is InChI=1S/C19H26N4O3S/c1-2-12-27(25,26)23-11-4-7-17(15-23)19(24)21-18-8-3-6-16(13-18)14-22-10-5-9-20-22/h3,5-6,8-10,13,17H,2,4,7,11-12,14-15H2,1H3,(H,21,24)/t17-/m0/s1. The number of amides is 1. The molecule has 1 saturated heterocycles. The minimum Gasteiger partial charge on any atom is -0.326 e. The molecule has 0 spiro atoms. The molecule has 1 aromatic carbocycles. The van der Waals surface area contributed by atoms with Crippen LogP contribution in [-0.4, -0.2) is 47.3 Å². The SMILES string of the molecule is CCCS(=O)(=O)N1CCC[C@H](C(=O)Nc2cccc(Cn3cccn3)c2)C1. The quantitative estimate of drug-likeness (QED) is 0.786. The molecule has 1 aromatic heterocycles. The highest BCUT2D eigenvalue weighted by atomic mass is 32.2. The van der Waals surface area contributed by atoms with Gasteiger partial charge in [-0.25, -0.2) is 12.7 Å². The number of benzene rings is 1. The topological polar surface area (TPSA) is 84.3 Å². The molecule has 1 aliphatic heterocycles. The van der Waals surface area contributed by atoms with Crippen molar-refractivity contribution in [3.05, 3.63) is 48.3 Å². The summed E-state index contributed by atoms with van der Waals surface area (Å²) in [5.74, 6) is -0.306. The lowest BCUT2D eigenvalue weighted by molar-refractivity contribution is -0.120. The van der Waals surface area contributed by atoms with Gasteiger partial charge in [0.25, 0.3) is 0 Å². The number of piperidine rings is 1. The number of rotatable bonds is 7. The third-order valence-electron chi connectivity index (χ3n) is 4.71. The summed E-state index contributed by atoms with van der Waals surface area (Å²) in [6.45, 7) is 3.25. The first kappa shape index (κ1) is 19.6. The second kappa shape index (κ2) is 8.67. The Morgan fingerprint density at radius 2 is 2.19 bits per heavy atom. The van der Waals surface area contributed by atoms with E-state index in [4.69, 9.17) is 0 Å². The van der Waals surface area contributed by atoms with Crippen LogP contribution in [0.3, 0.4) is 0 Å². The van der Waals surface area contributed by atoms with Gasteiger partial charge in [-0.3, -0.25) is 9.48 Å². The fourth-order valence-corrected chi connectivity index (χ4v) is 4.96. The van der Waals surface area contributed by atoms with Crippen LogP contribution >= 0.6 is 0 Å². The molecule has 1 fully saturated rings. The summed E-state index contributed by atoms with van der Waals surface area (Å²) in [6, 6.07) is 9.52. The molecule has 0 unspecified atom stereocenters. The Morgan fingerprint density at radius 1 is 1.33 bits per heavy atom. The van der Waals surface area contributed by atoms with Crippen LogP contribution in [-0.2, 0) is 21.4 Å². The van der Waals surface area contributed by atoms with Crippen LogP contribution in [0.2, 0.25) is 0 Å². The minimum atomic E-state index is -3.26. The van der Waals surface area contributed by atoms with Gasteiger partial charge in [0.05, 0.1) is 18.2 Å². The molecule has 1 atom stereocenters. The Kier molecular flexibility index (Phi) is 6.28. The maximum absolute atomic E-state index is 12.7. The van der Waals surface area contributed by atoms with Crippen molar-refractivity contribution in [3.63, 3.8) is 0 Å². The molecule has 0 bridgehead atoms. The molecule has 0 saturated carbocycles. The van der Waals surface area contributed by atoms with Gasteiger partial charge in [-0.15, -0.1) is 0 Å². The smallest absolute Gasteiger partial charge is 0.228 e. The lowest BCUT2D eigenvalue weighted by atomic mass is 9.98. The number of nitrogens with one attached hydrogen (secondary N) is 1. The van der Waals surface area contributed by atoms with Gasteiger partial charge in [0.15, 0.2) is 0 Å². The maximum atomic E-state index is 12.7. The van der Waals surface area contributed by atoms with Crippen LogP contribution in [0.25, 0.3) is 0 Å². The van der Waals surface area contributed by atoms with E-state index in [-0.39, 0.29) is 24.1 Å². The van der Waals surface area contributed by atoms with Gasteiger partial charge in [0.2, 0.25) is 15.9 Å². The molecule has 8 heteroatoms. The van der Waals surface area contributed by atoms with E-state index in [2.05, 4.69) is 10.4 Å². The second-order valence-electron chi connectivity index (χ2n) is 6.91. The van der Waals surface area contributed by atoms with E-state index in [1.165, 1.54) is 4.31 Å². The summed E-state index contributed by atoms with van der Waals surface area (Å²) in [7, 11) is -3.26. The molecule has 1 aliphatic rings. The monoisotopic (exact) mass is 390 g/mol. The van der Waals surface area contributed by atoms with Crippen LogP contribution in [0.1, 0.15) is 31.7 Å². The summed E-state index contributed by atoms with van der Waals surface area (Å²) in [4.78, 5) is 12.7. The summed E-state index contributed by atoms with van der Waals surface area (Å²) in [5.41, 5.74) is 1.76. The van der Waals surface area contributed by atoms with Crippen molar-refractivity contribution in [2.45, 2.75) is 32.7 Å². The third-order valence-corrected chi connectivity index (χ3v) is 6.75. The van der Waals surface area contributed by atoms with E-state index in [9.17, 15) is 13.2 Å². The summed E-state index contributed by atoms with van der Waals surface area (Å²) in [5, 5.41) is 7.13. The molecular weight excluding hydrogens is 364 g/mol. The molecule has 27 heavy (non-hydrogen) atoms. The Bertz CT molecular complexity index is 865. The van der Waals surface area contributed by atoms with Gasteiger partial charge in [0, 0.05) is 31.2 Å². The van der Waals surface area contributed by atoms with Crippen molar-refractivity contribution in [1.82, 2.24) is 14.1 Å². The van der Waals surface area contributed by atoms with Crippen LogP contribution in [0.15, 0.2) is 42.7 Å². The number of anilines is 1. The Hall–Kier alpha value is -2.19. The van der Waals surface area contributed by atoms with Crippen LogP contribution < -0.4 is 5.32 Å². The fourth-order valence-electron chi connectivity index (χ4n) is 3.37. The average Bonchev–Trinajstić information content (AvgIpc) is 3.15. The largest absolute Gasteiger partial charge is 0.326 e. The van der Waals surface area contributed by atoms with Crippen molar-refractivity contribution < 1.29 is 13.2 Å². The Balaban J connectivity index is 1.63. The number of nitrogens with zero attached hydrogens (tertiary/aromatic N) is 3. The zero-order chi connectivity index (χ0) is 19.3. The van der Waals surface area contributed by atoms with Crippen LogP contribution in [0.5, 0.6) is 0 Å². The van der Waals surface area contributed by atoms with Crippen molar-refractivity contribution in [2.75, 3.05) is 24.2 Å². The third kappa shape index (κ3) is 5.17.